The maximum absolute atomic E-state index is 12.4. The minimum absolute atomic E-state index is 0.121. The zero-order chi connectivity index (χ0) is 18.5. The summed E-state index contributed by atoms with van der Waals surface area (Å²) in [6.45, 7) is 0. The highest BCUT2D eigenvalue weighted by Gasteiger charge is 2.13. The van der Waals surface area contributed by atoms with Gasteiger partial charge in [0.15, 0.2) is 11.5 Å². The third-order valence-electron chi connectivity index (χ3n) is 4.05. The Hall–Kier alpha value is -2.79. The van der Waals surface area contributed by atoms with E-state index in [1.54, 1.807) is 26.5 Å². The smallest absolute Gasteiger partial charge is 0.224 e. The van der Waals surface area contributed by atoms with E-state index in [0.29, 0.717) is 40.6 Å². The van der Waals surface area contributed by atoms with Crippen molar-refractivity contribution in [2.45, 2.75) is 12.8 Å². The van der Waals surface area contributed by atoms with Gasteiger partial charge in [-0.05, 0) is 36.2 Å². The largest absolute Gasteiger partial charge is 0.493 e. The summed E-state index contributed by atoms with van der Waals surface area (Å²) < 4.78 is 10.7. The van der Waals surface area contributed by atoms with Crippen LogP contribution in [0.1, 0.15) is 12.0 Å². The molecule has 2 aromatic carbocycles. The molecule has 5 nitrogen and oxygen atoms in total. The zero-order valence-electron chi connectivity index (χ0n) is 14.6. The van der Waals surface area contributed by atoms with E-state index in [9.17, 15) is 4.79 Å². The fourth-order valence-electron chi connectivity index (χ4n) is 2.86. The van der Waals surface area contributed by atoms with Crippen molar-refractivity contribution in [1.82, 2.24) is 4.98 Å². The van der Waals surface area contributed by atoms with Gasteiger partial charge in [-0.1, -0.05) is 29.8 Å². The molecular formula is C20H19ClN2O3. The van der Waals surface area contributed by atoms with Crippen molar-refractivity contribution in [3.63, 3.8) is 0 Å². The lowest BCUT2D eigenvalue weighted by Crippen LogP contribution is -2.13. The van der Waals surface area contributed by atoms with Crippen LogP contribution in [0.5, 0.6) is 11.5 Å². The Morgan fingerprint density at radius 3 is 2.77 bits per heavy atom. The molecule has 0 aliphatic carbocycles. The minimum Gasteiger partial charge on any atom is -0.493 e. The van der Waals surface area contributed by atoms with Gasteiger partial charge in [0, 0.05) is 23.0 Å². The molecule has 0 atom stereocenters. The van der Waals surface area contributed by atoms with Gasteiger partial charge in [-0.2, -0.15) is 0 Å². The van der Waals surface area contributed by atoms with Gasteiger partial charge in [-0.25, -0.2) is 0 Å². The molecule has 0 fully saturated rings. The van der Waals surface area contributed by atoms with Crippen LogP contribution < -0.4 is 14.8 Å². The average molecular weight is 371 g/mol. The first-order valence-corrected chi connectivity index (χ1v) is 8.54. The molecule has 0 spiro atoms. The molecule has 0 unspecified atom stereocenters. The lowest BCUT2D eigenvalue weighted by molar-refractivity contribution is -0.116. The Labute approximate surface area is 156 Å². The van der Waals surface area contributed by atoms with E-state index in [0.717, 1.165) is 10.9 Å². The second kappa shape index (κ2) is 8.06. The van der Waals surface area contributed by atoms with E-state index >= 15 is 0 Å². The molecule has 1 aromatic heterocycles. The van der Waals surface area contributed by atoms with Crippen molar-refractivity contribution in [3.8, 4) is 11.5 Å². The molecule has 1 N–H and O–H groups in total. The van der Waals surface area contributed by atoms with Crippen LogP contribution in [0.25, 0.3) is 10.9 Å². The molecule has 0 bridgehead atoms. The van der Waals surface area contributed by atoms with Crippen LogP contribution in [0, 0.1) is 0 Å². The molecule has 3 rings (SSSR count). The standard InChI is InChI=1S/C20H19ClN2O3/c1-25-17-7-3-5-13(20(17)26-2)8-9-18(24)23-16-12-15(21)11-14-6-4-10-22-19(14)16/h3-7,10-12H,8-9H2,1-2H3,(H,23,24). The fraction of sp³-hybridized carbons (Fsp3) is 0.200. The number of benzene rings is 2. The number of fused-ring (bicyclic) bond motifs is 1. The van der Waals surface area contributed by atoms with E-state index < -0.39 is 0 Å². The molecule has 134 valence electrons. The number of carbonyl (C=O) groups excluding carboxylic acids is 1. The van der Waals surface area contributed by atoms with E-state index in [2.05, 4.69) is 10.3 Å². The van der Waals surface area contributed by atoms with Gasteiger partial charge >= 0.3 is 0 Å². The number of ether oxygens (including phenoxy) is 2. The van der Waals surface area contributed by atoms with Gasteiger partial charge in [0.05, 0.1) is 25.4 Å². The van der Waals surface area contributed by atoms with Crippen molar-refractivity contribution in [3.05, 3.63) is 59.2 Å². The number of amides is 1. The molecular weight excluding hydrogens is 352 g/mol. The number of nitrogens with zero attached hydrogens (tertiary/aromatic N) is 1. The van der Waals surface area contributed by atoms with Crippen molar-refractivity contribution in [2.75, 3.05) is 19.5 Å². The topological polar surface area (TPSA) is 60.5 Å². The van der Waals surface area contributed by atoms with Crippen LogP contribution >= 0.6 is 11.6 Å². The number of hydrogen-bond acceptors (Lipinski definition) is 4. The van der Waals surface area contributed by atoms with Crippen molar-refractivity contribution >= 4 is 34.1 Å². The van der Waals surface area contributed by atoms with Crippen LogP contribution in [0.2, 0.25) is 5.02 Å². The summed E-state index contributed by atoms with van der Waals surface area (Å²) >= 11 is 6.14. The number of rotatable bonds is 6. The molecule has 3 aromatic rings. The van der Waals surface area contributed by atoms with Crippen molar-refractivity contribution < 1.29 is 14.3 Å². The highest BCUT2D eigenvalue weighted by molar-refractivity contribution is 6.32. The van der Waals surface area contributed by atoms with Gasteiger partial charge in [0.1, 0.15) is 0 Å². The van der Waals surface area contributed by atoms with E-state index in [-0.39, 0.29) is 5.91 Å². The summed E-state index contributed by atoms with van der Waals surface area (Å²) in [5.74, 6) is 1.18. The summed E-state index contributed by atoms with van der Waals surface area (Å²) in [6, 6.07) is 12.9. The van der Waals surface area contributed by atoms with Crippen LogP contribution in [-0.2, 0) is 11.2 Å². The van der Waals surface area contributed by atoms with Crippen LogP contribution in [0.3, 0.4) is 0 Å². The van der Waals surface area contributed by atoms with E-state index in [1.165, 1.54) is 0 Å². The predicted octanol–water partition coefficient (Wildman–Crippen LogP) is 4.48. The first-order valence-electron chi connectivity index (χ1n) is 8.16. The number of hydrogen-bond donors (Lipinski definition) is 1. The van der Waals surface area contributed by atoms with Crippen molar-refractivity contribution in [1.29, 1.82) is 0 Å². The summed E-state index contributed by atoms with van der Waals surface area (Å²) in [4.78, 5) is 16.8. The molecule has 1 heterocycles. The first kappa shape index (κ1) is 18.0. The number of anilines is 1. The lowest BCUT2D eigenvalue weighted by Gasteiger charge is -2.13. The highest BCUT2D eigenvalue weighted by Crippen LogP contribution is 2.31. The summed E-state index contributed by atoms with van der Waals surface area (Å²) in [6.07, 6.45) is 2.51. The molecule has 26 heavy (non-hydrogen) atoms. The Balaban J connectivity index is 1.75. The first-order chi connectivity index (χ1) is 12.6. The number of carbonyl (C=O) groups is 1. The lowest BCUT2D eigenvalue weighted by atomic mass is 10.1. The van der Waals surface area contributed by atoms with Gasteiger partial charge < -0.3 is 14.8 Å². The highest BCUT2D eigenvalue weighted by atomic mass is 35.5. The molecule has 6 heteroatoms. The van der Waals surface area contributed by atoms with Crippen LogP contribution in [0.15, 0.2) is 48.7 Å². The van der Waals surface area contributed by atoms with Crippen molar-refractivity contribution in [2.24, 2.45) is 0 Å². The van der Waals surface area contributed by atoms with E-state index in [1.807, 2.05) is 36.4 Å². The second-order valence-corrected chi connectivity index (χ2v) is 6.17. The third-order valence-corrected chi connectivity index (χ3v) is 4.27. The van der Waals surface area contributed by atoms with Gasteiger partial charge in [0.25, 0.3) is 0 Å². The van der Waals surface area contributed by atoms with Crippen LogP contribution in [-0.4, -0.2) is 25.1 Å². The molecule has 0 radical (unpaired) electrons. The Morgan fingerprint density at radius 2 is 2.00 bits per heavy atom. The Kier molecular flexibility index (Phi) is 5.58. The number of nitrogens with one attached hydrogen (secondary N) is 1. The summed E-state index contributed by atoms with van der Waals surface area (Å²) in [5.41, 5.74) is 2.23. The monoisotopic (exact) mass is 370 g/mol. The quantitative estimate of drug-likeness (QED) is 0.695. The van der Waals surface area contributed by atoms with Gasteiger partial charge in [-0.15, -0.1) is 0 Å². The minimum atomic E-state index is -0.121. The fourth-order valence-corrected chi connectivity index (χ4v) is 3.09. The maximum atomic E-state index is 12.4. The Bertz CT molecular complexity index is 943. The number of aromatic nitrogens is 1. The number of pyridine rings is 1. The van der Waals surface area contributed by atoms with E-state index in [4.69, 9.17) is 21.1 Å². The molecule has 0 saturated heterocycles. The average Bonchev–Trinajstić information content (AvgIpc) is 2.65. The number of para-hydroxylation sites is 1. The summed E-state index contributed by atoms with van der Waals surface area (Å²) in [7, 11) is 3.18. The number of halogens is 1. The zero-order valence-corrected chi connectivity index (χ0v) is 15.3. The van der Waals surface area contributed by atoms with Gasteiger partial charge in [0.2, 0.25) is 5.91 Å². The van der Waals surface area contributed by atoms with Gasteiger partial charge in [-0.3, -0.25) is 9.78 Å². The predicted molar refractivity (Wildman–Crippen MR) is 103 cm³/mol. The Morgan fingerprint density at radius 1 is 1.15 bits per heavy atom. The normalized spacial score (nSPS) is 10.6. The van der Waals surface area contributed by atoms with Crippen LogP contribution in [0.4, 0.5) is 5.69 Å². The second-order valence-electron chi connectivity index (χ2n) is 5.73. The molecule has 0 aliphatic heterocycles. The molecule has 1 amide bonds. The number of methoxy groups -OCH3 is 2. The molecule has 0 saturated carbocycles. The third kappa shape index (κ3) is 3.89. The SMILES string of the molecule is COc1cccc(CCC(=O)Nc2cc(Cl)cc3cccnc23)c1OC. The summed E-state index contributed by atoms with van der Waals surface area (Å²) in [5, 5.41) is 4.33. The maximum Gasteiger partial charge on any atom is 0.224 e. The molecule has 0 aliphatic rings. The number of aryl methyl sites for hydroxylation is 1.